The van der Waals surface area contributed by atoms with E-state index in [-0.39, 0.29) is 40.0 Å². The van der Waals surface area contributed by atoms with E-state index in [0.29, 0.717) is 42.7 Å². The molecular formula is C36H59NO5. The van der Waals surface area contributed by atoms with Crippen molar-refractivity contribution in [1.29, 1.82) is 0 Å². The fourth-order valence-corrected chi connectivity index (χ4v) is 10.7. The summed E-state index contributed by atoms with van der Waals surface area (Å²) in [5.74, 6) is 0.588. The fourth-order valence-electron chi connectivity index (χ4n) is 10.7. The molecule has 6 heteroatoms. The van der Waals surface area contributed by atoms with Crippen LogP contribution in [0.4, 0.5) is 0 Å². The molecule has 0 heterocycles. The Morgan fingerprint density at radius 1 is 1.10 bits per heavy atom. The Labute approximate surface area is 255 Å². The molecule has 6 nitrogen and oxygen atoms in total. The molecule has 0 aromatic rings. The summed E-state index contributed by atoms with van der Waals surface area (Å²) in [7, 11) is 1.43. The average Bonchev–Trinajstić information content (AvgIpc) is 3.18. The van der Waals surface area contributed by atoms with E-state index in [4.69, 9.17) is 9.47 Å². The summed E-state index contributed by atoms with van der Waals surface area (Å²) in [5, 5.41) is 16.1. The molecule has 0 aromatic heterocycles. The fraction of sp³-hybridized carbons (Fsp3) is 0.833. The molecule has 4 saturated carbocycles. The number of nitrogens with one attached hydrogen (secondary N) is 1. The van der Waals surface area contributed by atoms with Gasteiger partial charge in [-0.2, -0.15) is 0 Å². The summed E-state index contributed by atoms with van der Waals surface area (Å²) in [6.45, 7) is 18.6. The summed E-state index contributed by atoms with van der Waals surface area (Å²) in [4.78, 5) is 25.7. The van der Waals surface area contributed by atoms with Crippen molar-refractivity contribution in [3.8, 4) is 0 Å². The SMILES string of the molecule is CCCCN[C@H]1CC[C@@]2(C)C(CC[C@@]3(C)[C@@H]2[C@H](O)C[C@@H]2/C(=C(\CCC=C(C)C)C(=O)OC)[C@@H](OC(C)=O)C[C@@]23C)[C@@H]1C. The van der Waals surface area contributed by atoms with Gasteiger partial charge >= 0.3 is 11.9 Å². The Bertz CT molecular complexity index is 1080. The largest absolute Gasteiger partial charge is 0.466 e. The number of methoxy groups -OCH3 is 1. The highest BCUT2D eigenvalue weighted by Gasteiger charge is 2.70. The van der Waals surface area contributed by atoms with Crippen LogP contribution in [0.25, 0.3) is 0 Å². The first kappa shape index (κ1) is 33.2. The van der Waals surface area contributed by atoms with Gasteiger partial charge in [-0.25, -0.2) is 4.79 Å². The molecule has 0 spiro atoms. The number of fused-ring (bicyclic) bond motifs is 5. The lowest BCUT2D eigenvalue weighted by atomic mass is 9.36. The summed E-state index contributed by atoms with van der Waals surface area (Å²) < 4.78 is 11.4. The lowest BCUT2D eigenvalue weighted by molar-refractivity contribution is -0.227. The standard InChI is InChI=1S/C36H59NO5/c1-10-11-19-37-28-16-17-34(6)26(23(28)4)15-18-35(7)32(34)29(39)20-27-31(30(42-24(5)38)21-36(27,35)8)25(33(40)41-9)14-12-13-22(2)3/h13,23,26-30,32,37,39H,10-12,14-21H2,1-9H3/b31-25-/t23-,26?,27+,28-,29+,30-,32+,34-,35-,36-/m0/s1. The van der Waals surface area contributed by atoms with Crippen LogP contribution in [0.5, 0.6) is 0 Å². The smallest absolute Gasteiger partial charge is 0.333 e. The number of esters is 2. The molecule has 0 saturated heterocycles. The van der Waals surface area contributed by atoms with E-state index < -0.39 is 12.2 Å². The van der Waals surface area contributed by atoms with E-state index in [1.165, 1.54) is 32.4 Å². The third-order valence-corrected chi connectivity index (χ3v) is 12.7. The Morgan fingerprint density at radius 2 is 1.81 bits per heavy atom. The summed E-state index contributed by atoms with van der Waals surface area (Å²) in [5.41, 5.74) is 2.43. The van der Waals surface area contributed by atoms with Crippen molar-refractivity contribution in [2.24, 2.45) is 39.9 Å². The first-order chi connectivity index (χ1) is 19.7. The van der Waals surface area contributed by atoms with Crippen LogP contribution in [0.1, 0.15) is 120 Å². The van der Waals surface area contributed by atoms with Gasteiger partial charge in [0.15, 0.2) is 0 Å². The van der Waals surface area contributed by atoms with Crippen LogP contribution >= 0.6 is 0 Å². The molecule has 0 aliphatic heterocycles. The molecular weight excluding hydrogens is 526 g/mol. The second-order valence-electron chi connectivity index (χ2n) is 15.2. The second-order valence-corrected chi connectivity index (χ2v) is 15.2. The molecule has 4 aliphatic rings. The third-order valence-electron chi connectivity index (χ3n) is 12.7. The van der Waals surface area contributed by atoms with Crippen LogP contribution in [0.15, 0.2) is 22.8 Å². The van der Waals surface area contributed by atoms with Crippen molar-refractivity contribution >= 4 is 11.9 Å². The Morgan fingerprint density at radius 3 is 2.43 bits per heavy atom. The van der Waals surface area contributed by atoms with Gasteiger partial charge in [-0.15, -0.1) is 0 Å². The summed E-state index contributed by atoms with van der Waals surface area (Å²) >= 11 is 0. The van der Waals surface area contributed by atoms with E-state index in [1.54, 1.807) is 0 Å². The quantitative estimate of drug-likeness (QED) is 0.129. The molecule has 4 fully saturated rings. The predicted octanol–water partition coefficient (Wildman–Crippen LogP) is 7.15. The first-order valence-corrected chi connectivity index (χ1v) is 16.8. The van der Waals surface area contributed by atoms with Gasteiger partial charge in [0.1, 0.15) is 6.10 Å². The number of allylic oxidation sites excluding steroid dienone is 2. The number of hydrogen-bond donors (Lipinski definition) is 2. The number of carbonyl (C=O) groups is 2. The Balaban J connectivity index is 1.75. The molecule has 42 heavy (non-hydrogen) atoms. The van der Waals surface area contributed by atoms with E-state index in [9.17, 15) is 14.7 Å². The predicted molar refractivity (Wildman–Crippen MR) is 168 cm³/mol. The second kappa shape index (κ2) is 12.8. The molecule has 10 atom stereocenters. The van der Waals surface area contributed by atoms with E-state index >= 15 is 0 Å². The minimum atomic E-state index is -0.472. The van der Waals surface area contributed by atoms with E-state index in [1.807, 2.05) is 0 Å². The number of ether oxygens (including phenoxy) is 2. The van der Waals surface area contributed by atoms with Gasteiger partial charge in [0.25, 0.3) is 0 Å². The van der Waals surface area contributed by atoms with Crippen molar-refractivity contribution in [3.05, 3.63) is 22.8 Å². The topological polar surface area (TPSA) is 84.9 Å². The van der Waals surface area contributed by atoms with Crippen molar-refractivity contribution in [2.45, 2.75) is 138 Å². The Kier molecular flexibility index (Phi) is 10.1. The van der Waals surface area contributed by atoms with Crippen molar-refractivity contribution in [3.63, 3.8) is 0 Å². The van der Waals surface area contributed by atoms with Gasteiger partial charge < -0.3 is 19.9 Å². The maximum Gasteiger partial charge on any atom is 0.333 e. The number of rotatable bonds is 9. The van der Waals surface area contributed by atoms with Crippen LogP contribution in [0.2, 0.25) is 0 Å². The lowest BCUT2D eigenvalue weighted by Crippen LogP contribution is -2.66. The van der Waals surface area contributed by atoms with Gasteiger partial charge in [-0.1, -0.05) is 52.7 Å². The summed E-state index contributed by atoms with van der Waals surface area (Å²) in [6.07, 6.45) is 10.6. The van der Waals surface area contributed by atoms with Gasteiger partial charge in [0, 0.05) is 18.5 Å². The zero-order chi connectivity index (χ0) is 31.0. The molecule has 4 rings (SSSR count). The van der Waals surface area contributed by atoms with E-state index in [2.05, 4.69) is 59.9 Å². The minimum absolute atomic E-state index is 0.0384. The molecule has 0 bridgehead atoms. The van der Waals surface area contributed by atoms with Gasteiger partial charge in [0.05, 0.1) is 13.2 Å². The zero-order valence-electron chi connectivity index (χ0n) is 28.0. The Hall–Kier alpha value is -1.66. The van der Waals surface area contributed by atoms with Crippen LogP contribution in [0, 0.1) is 39.9 Å². The number of aliphatic hydroxyl groups excluding tert-OH is 1. The van der Waals surface area contributed by atoms with Gasteiger partial charge in [-0.05, 0) is 124 Å². The highest BCUT2D eigenvalue weighted by atomic mass is 16.5. The monoisotopic (exact) mass is 585 g/mol. The van der Waals surface area contributed by atoms with Crippen LogP contribution in [-0.2, 0) is 19.1 Å². The molecule has 238 valence electrons. The molecule has 0 radical (unpaired) electrons. The average molecular weight is 586 g/mol. The minimum Gasteiger partial charge on any atom is -0.466 e. The van der Waals surface area contributed by atoms with Crippen LogP contribution < -0.4 is 5.32 Å². The van der Waals surface area contributed by atoms with Crippen molar-refractivity contribution in [1.82, 2.24) is 5.32 Å². The third kappa shape index (κ3) is 5.64. The number of aliphatic hydroxyl groups is 1. The maximum absolute atomic E-state index is 13.3. The molecule has 1 unspecified atom stereocenters. The van der Waals surface area contributed by atoms with Crippen LogP contribution in [0.3, 0.4) is 0 Å². The zero-order valence-corrected chi connectivity index (χ0v) is 28.0. The number of hydrogen-bond acceptors (Lipinski definition) is 6. The molecule has 0 aromatic carbocycles. The number of carbonyl (C=O) groups excluding carboxylic acids is 2. The molecule has 4 aliphatic carbocycles. The van der Waals surface area contributed by atoms with Gasteiger partial charge in [-0.3, -0.25) is 4.79 Å². The van der Waals surface area contributed by atoms with Crippen LogP contribution in [-0.4, -0.2) is 48.9 Å². The highest BCUT2D eigenvalue weighted by Crippen LogP contribution is 2.74. The normalized spacial score (nSPS) is 42.1. The molecule has 2 N–H and O–H groups in total. The van der Waals surface area contributed by atoms with Crippen molar-refractivity contribution in [2.75, 3.05) is 13.7 Å². The maximum atomic E-state index is 13.3. The van der Waals surface area contributed by atoms with Crippen molar-refractivity contribution < 1.29 is 24.2 Å². The van der Waals surface area contributed by atoms with Gasteiger partial charge in [0.2, 0.25) is 0 Å². The molecule has 0 amide bonds. The first-order valence-electron chi connectivity index (χ1n) is 16.8. The van der Waals surface area contributed by atoms with E-state index in [0.717, 1.165) is 44.2 Å². The highest BCUT2D eigenvalue weighted by molar-refractivity contribution is 5.90. The number of unbranched alkanes of at least 4 members (excludes halogenated alkanes) is 1. The lowest BCUT2D eigenvalue weighted by Gasteiger charge is -2.69. The summed E-state index contributed by atoms with van der Waals surface area (Å²) in [6, 6.07) is 0.542.